The van der Waals surface area contributed by atoms with Crippen molar-refractivity contribution in [2.24, 2.45) is 5.92 Å². The first-order valence-corrected chi connectivity index (χ1v) is 6.89. The summed E-state index contributed by atoms with van der Waals surface area (Å²) in [6.07, 6.45) is -3.50. The predicted molar refractivity (Wildman–Crippen MR) is 72.1 cm³/mol. The van der Waals surface area contributed by atoms with Gasteiger partial charge in [-0.25, -0.2) is 0 Å². The molecule has 0 bridgehead atoms. The first-order valence-electron chi connectivity index (χ1n) is 5.67. The van der Waals surface area contributed by atoms with Crippen LogP contribution in [0.25, 0.3) is 0 Å². The number of amides is 1. The fourth-order valence-electron chi connectivity index (χ4n) is 1.42. The quantitative estimate of drug-likeness (QED) is 0.621. The van der Waals surface area contributed by atoms with E-state index in [4.69, 9.17) is 17.3 Å². The van der Waals surface area contributed by atoms with E-state index in [9.17, 15) is 22.8 Å². The highest BCUT2D eigenvalue weighted by Crippen LogP contribution is 2.35. The molecule has 0 aromatic carbocycles. The normalized spacial score (nSPS) is 19.8. The van der Waals surface area contributed by atoms with Gasteiger partial charge in [-0.15, -0.1) is 0 Å². The Labute approximate surface area is 123 Å². The van der Waals surface area contributed by atoms with Crippen molar-refractivity contribution in [3.8, 4) is 0 Å². The smallest absolute Gasteiger partial charge is 0.394 e. The van der Waals surface area contributed by atoms with Crippen molar-refractivity contribution in [1.82, 2.24) is 4.90 Å². The number of hydrogen-bond acceptors (Lipinski definition) is 4. The first-order chi connectivity index (χ1) is 9.12. The molecule has 0 radical (unpaired) electrons. The van der Waals surface area contributed by atoms with Gasteiger partial charge in [-0.2, -0.15) is 13.2 Å². The van der Waals surface area contributed by atoms with E-state index < -0.39 is 24.0 Å². The van der Waals surface area contributed by atoms with Gasteiger partial charge in [0.15, 0.2) is 0 Å². The molecule has 1 heterocycles. The fraction of sp³-hybridized carbons (Fsp3) is 0.545. The maximum absolute atomic E-state index is 12.4. The molecule has 20 heavy (non-hydrogen) atoms. The summed E-state index contributed by atoms with van der Waals surface area (Å²) in [6, 6.07) is 0. The van der Waals surface area contributed by atoms with Gasteiger partial charge in [-0.1, -0.05) is 37.0 Å². The number of alkyl halides is 3. The van der Waals surface area contributed by atoms with E-state index >= 15 is 0 Å². The van der Waals surface area contributed by atoms with Crippen LogP contribution >= 0.6 is 24.0 Å². The summed E-state index contributed by atoms with van der Waals surface area (Å²) >= 11 is 5.73. The van der Waals surface area contributed by atoms with Crippen molar-refractivity contribution in [1.29, 1.82) is 0 Å². The maximum atomic E-state index is 12.4. The number of aliphatic carboxylic acids is 1. The minimum Gasteiger partial charge on any atom is -0.481 e. The predicted octanol–water partition coefficient (Wildman–Crippen LogP) is 2.79. The van der Waals surface area contributed by atoms with E-state index in [1.54, 1.807) is 0 Å². The van der Waals surface area contributed by atoms with Crippen LogP contribution in [0.4, 0.5) is 13.2 Å². The molecule has 0 aromatic heterocycles. The zero-order chi connectivity index (χ0) is 15.5. The van der Waals surface area contributed by atoms with Crippen LogP contribution in [0.2, 0.25) is 0 Å². The fourth-order valence-corrected chi connectivity index (χ4v) is 2.80. The van der Waals surface area contributed by atoms with Gasteiger partial charge in [-0.3, -0.25) is 14.5 Å². The topological polar surface area (TPSA) is 57.6 Å². The van der Waals surface area contributed by atoms with Gasteiger partial charge in [-0.05, 0) is 6.42 Å². The molecule has 112 valence electrons. The molecule has 0 saturated carbocycles. The SMILES string of the molecule is CC(/C=C1/SC(=S)N(CCCC(=O)O)C1=O)C(F)(F)F. The number of carboxylic acids is 1. The van der Waals surface area contributed by atoms with Crippen molar-refractivity contribution < 1.29 is 27.9 Å². The molecule has 1 amide bonds. The molecule has 1 saturated heterocycles. The van der Waals surface area contributed by atoms with Crippen LogP contribution in [-0.4, -0.2) is 38.9 Å². The lowest BCUT2D eigenvalue weighted by atomic mass is 10.1. The molecule has 1 fully saturated rings. The average molecular weight is 327 g/mol. The van der Waals surface area contributed by atoms with E-state index in [0.717, 1.165) is 29.7 Å². The summed E-state index contributed by atoms with van der Waals surface area (Å²) < 4.78 is 37.5. The standard InChI is InChI=1S/C11H12F3NO3S2/c1-6(11(12,13)14)5-7-9(18)15(10(19)20-7)4-2-3-8(16)17/h5-6H,2-4H2,1H3,(H,16,17)/b7-5+. The van der Waals surface area contributed by atoms with E-state index in [1.165, 1.54) is 0 Å². The van der Waals surface area contributed by atoms with Crippen LogP contribution in [0.5, 0.6) is 0 Å². The molecule has 1 rings (SSSR count). The summed E-state index contributed by atoms with van der Waals surface area (Å²) in [6.45, 7) is 1.05. The van der Waals surface area contributed by atoms with E-state index in [-0.39, 0.29) is 28.6 Å². The van der Waals surface area contributed by atoms with Crippen LogP contribution in [0.3, 0.4) is 0 Å². The molecule has 1 atom stereocenters. The molecule has 1 aliphatic rings. The molecular weight excluding hydrogens is 315 g/mol. The Morgan fingerprint density at radius 3 is 2.65 bits per heavy atom. The molecule has 4 nitrogen and oxygen atoms in total. The number of thiocarbonyl (C=S) groups is 1. The molecular formula is C11H12F3NO3S2. The third-order valence-corrected chi connectivity index (χ3v) is 3.96. The Kier molecular flexibility index (Phi) is 5.58. The molecule has 1 aliphatic heterocycles. The lowest BCUT2D eigenvalue weighted by Gasteiger charge is -2.14. The second-order valence-electron chi connectivity index (χ2n) is 4.18. The molecule has 1 unspecified atom stereocenters. The largest absolute Gasteiger partial charge is 0.481 e. The van der Waals surface area contributed by atoms with Crippen LogP contribution in [0.1, 0.15) is 19.8 Å². The monoisotopic (exact) mass is 327 g/mol. The Morgan fingerprint density at radius 1 is 1.55 bits per heavy atom. The Bertz CT molecular complexity index is 462. The molecule has 9 heteroatoms. The third-order valence-electron chi connectivity index (χ3n) is 2.56. The average Bonchev–Trinajstić information content (AvgIpc) is 2.55. The van der Waals surface area contributed by atoms with Gasteiger partial charge in [0.2, 0.25) is 0 Å². The van der Waals surface area contributed by atoms with E-state index in [1.807, 2.05) is 0 Å². The number of allylic oxidation sites excluding steroid dienone is 1. The number of halogens is 3. The molecule has 0 aliphatic carbocycles. The van der Waals surface area contributed by atoms with Crippen molar-refractivity contribution in [3.63, 3.8) is 0 Å². The van der Waals surface area contributed by atoms with Crippen molar-refractivity contribution in [2.75, 3.05) is 6.54 Å². The van der Waals surface area contributed by atoms with Gasteiger partial charge in [0, 0.05) is 13.0 Å². The van der Waals surface area contributed by atoms with Crippen molar-refractivity contribution in [2.45, 2.75) is 25.9 Å². The zero-order valence-corrected chi connectivity index (χ0v) is 12.1. The van der Waals surface area contributed by atoms with Crippen LogP contribution in [-0.2, 0) is 9.59 Å². The minimum atomic E-state index is -4.41. The van der Waals surface area contributed by atoms with E-state index in [2.05, 4.69) is 0 Å². The second-order valence-corrected chi connectivity index (χ2v) is 5.86. The van der Waals surface area contributed by atoms with Gasteiger partial charge >= 0.3 is 12.1 Å². The summed E-state index contributed by atoms with van der Waals surface area (Å²) in [5.41, 5.74) is 0. The minimum absolute atomic E-state index is 0.0600. The molecule has 0 spiro atoms. The summed E-state index contributed by atoms with van der Waals surface area (Å²) in [5.74, 6) is -3.34. The van der Waals surface area contributed by atoms with Crippen molar-refractivity contribution in [3.05, 3.63) is 11.0 Å². The number of rotatable bonds is 5. The summed E-state index contributed by atoms with van der Waals surface area (Å²) in [5, 5.41) is 8.50. The number of nitrogens with zero attached hydrogens (tertiary/aromatic N) is 1. The van der Waals surface area contributed by atoms with Gasteiger partial charge in [0.1, 0.15) is 4.32 Å². The third kappa shape index (κ3) is 4.48. The Hall–Kier alpha value is -1.09. The first kappa shape index (κ1) is 17.0. The lowest BCUT2D eigenvalue weighted by molar-refractivity contribution is -0.156. The number of carbonyl (C=O) groups is 2. The maximum Gasteiger partial charge on any atom is 0.394 e. The van der Waals surface area contributed by atoms with Crippen LogP contribution in [0, 0.1) is 5.92 Å². The lowest BCUT2D eigenvalue weighted by Crippen LogP contribution is -2.29. The van der Waals surface area contributed by atoms with Crippen LogP contribution in [0.15, 0.2) is 11.0 Å². The second kappa shape index (κ2) is 6.57. The van der Waals surface area contributed by atoms with Crippen LogP contribution < -0.4 is 0 Å². The summed E-state index contributed by atoms with van der Waals surface area (Å²) in [4.78, 5) is 23.3. The van der Waals surface area contributed by atoms with E-state index in [0.29, 0.717) is 0 Å². The molecule has 0 aromatic rings. The number of carbonyl (C=O) groups excluding carboxylic acids is 1. The van der Waals surface area contributed by atoms with Gasteiger partial charge in [0.25, 0.3) is 5.91 Å². The van der Waals surface area contributed by atoms with Crippen molar-refractivity contribution >= 4 is 40.2 Å². The van der Waals surface area contributed by atoms with Gasteiger partial charge in [0.05, 0.1) is 10.8 Å². The molecule has 1 N–H and O–H groups in total. The Morgan fingerprint density at radius 2 is 2.15 bits per heavy atom. The zero-order valence-electron chi connectivity index (χ0n) is 10.4. The highest BCUT2D eigenvalue weighted by Gasteiger charge is 2.38. The highest BCUT2D eigenvalue weighted by molar-refractivity contribution is 8.26. The number of thioether (sulfide) groups is 1. The highest BCUT2D eigenvalue weighted by atomic mass is 32.2. The summed E-state index contributed by atoms with van der Waals surface area (Å²) in [7, 11) is 0. The number of carboxylic acid groups (broad SMARTS) is 1. The Balaban J connectivity index is 2.71. The van der Waals surface area contributed by atoms with Gasteiger partial charge < -0.3 is 5.11 Å². The number of hydrogen-bond donors (Lipinski definition) is 1.